The minimum absolute atomic E-state index is 0.0157. The topological polar surface area (TPSA) is 136 Å². The molecule has 4 aromatic rings. The number of anilines is 2. The number of alkyl carbamates (subject to hydrolysis) is 1. The van der Waals surface area contributed by atoms with Crippen LogP contribution in [0.15, 0.2) is 65.1 Å². The molecule has 2 aromatic heterocycles. The van der Waals surface area contributed by atoms with Crippen LogP contribution in [0.1, 0.15) is 39.0 Å². The molecule has 0 saturated heterocycles. The van der Waals surface area contributed by atoms with E-state index in [-0.39, 0.29) is 29.8 Å². The number of para-hydroxylation sites is 1. The van der Waals surface area contributed by atoms with E-state index in [1.807, 2.05) is 6.07 Å². The number of benzene rings is 2. The van der Waals surface area contributed by atoms with Crippen LogP contribution in [-0.2, 0) is 22.3 Å². The first kappa shape index (κ1) is 29.1. The molecular formula is C27H28F3N7O4. The van der Waals surface area contributed by atoms with Crippen molar-refractivity contribution in [1.82, 2.24) is 30.6 Å². The van der Waals surface area contributed by atoms with Crippen LogP contribution in [0.5, 0.6) is 0 Å². The van der Waals surface area contributed by atoms with Crippen molar-refractivity contribution >= 4 is 23.7 Å². The first-order valence-corrected chi connectivity index (χ1v) is 12.5. The van der Waals surface area contributed by atoms with E-state index in [1.54, 1.807) is 69.3 Å². The second-order valence-electron chi connectivity index (χ2n) is 9.98. The number of ether oxygens (including phenoxy) is 1. The van der Waals surface area contributed by atoms with Crippen LogP contribution in [0.2, 0.25) is 0 Å². The lowest BCUT2D eigenvalue weighted by atomic mass is 10.2. The Morgan fingerprint density at radius 2 is 1.76 bits per heavy atom. The van der Waals surface area contributed by atoms with Gasteiger partial charge in [-0.15, -0.1) is 5.10 Å². The molecule has 0 spiro atoms. The van der Waals surface area contributed by atoms with Gasteiger partial charge in [0.15, 0.2) is 5.69 Å². The van der Waals surface area contributed by atoms with Crippen LogP contribution in [0.25, 0.3) is 17.3 Å². The number of amides is 2. The van der Waals surface area contributed by atoms with Gasteiger partial charge in [0.1, 0.15) is 17.3 Å². The number of nitrogens with one attached hydrogen (secondary N) is 3. The van der Waals surface area contributed by atoms with E-state index in [4.69, 9.17) is 9.15 Å². The van der Waals surface area contributed by atoms with Gasteiger partial charge < -0.3 is 25.1 Å². The van der Waals surface area contributed by atoms with E-state index in [9.17, 15) is 22.8 Å². The largest absolute Gasteiger partial charge is 0.444 e. The number of hydrogen-bond donors (Lipinski definition) is 3. The second kappa shape index (κ2) is 11.7. The number of carbonyl (C=O) groups excluding carboxylic acids is 2. The molecule has 11 nitrogen and oxygen atoms in total. The number of nitrogens with zero attached hydrogens (tertiary/aromatic N) is 4. The predicted molar refractivity (Wildman–Crippen MR) is 142 cm³/mol. The van der Waals surface area contributed by atoms with Crippen molar-refractivity contribution in [3.63, 3.8) is 0 Å². The first-order chi connectivity index (χ1) is 19.3. The standard InChI is InChI=1S/C27H28F3N7O4/c1-16(32-25(39)41-26(2,3)4)22(38)31-15-17-9-8-12-19(13-17)37-20(14-21(36-37)27(28,29)30)23-34-35-24(40-23)33-18-10-6-5-7-11-18/h5-14,16H,15H2,1-4H3,(H,31,38)(H,32,39)(H,33,35). The fraction of sp³-hybridized carbons (Fsp3) is 0.296. The summed E-state index contributed by atoms with van der Waals surface area (Å²) in [5.74, 6) is -0.670. The Kier molecular flexibility index (Phi) is 8.31. The van der Waals surface area contributed by atoms with Crippen LogP contribution < -0.4 is 16.0 Å². The van der Waals surface area contributed by atoms with Gasteiger partial charge >= 0.3 is 18.3 Å². The maximum atomic E-state index is 13.6. The molecule has 0 fully saturated rings. The van der Waals surface area contributed by atoms with Gasteiger partial charge in [0, 0.05) is 18.3 Å². The fourth-order valence-corrected chi connectivity index (χ4v) is 3.58. The third kappa shape index (κ3) is 7.84. The molecule has 3 N–H and O–H groups in total. The van der Waals surface area contributed by atoms with Gasteiger partial charge in [-0.1, -0.05) is 35.4 Å². The van der Waals surface area contributed by atoms with Gasteiger partial charge in [0.05, 0.1) is 5.69 Å². The van der Waals surface area contributed by atoms with Gasteiger partial charge in [0.2, 0.25) is 5.91 Å². The minimum atomic E-state index is -4.73. The second-order valence-corrected chi connectivity index (χ2v) is 9.98. The molecule has 0 radical (unpaired) electrons. The highest BCUT2D eigenvalue weighted by Crippen LogP contribution is 2.33. The maximum absolute atomic E-state index is 13.6. The molecule has 14 heteroatoms. The average Bonchev–Trinajstić information content (AvgIpc) is 3.54. The van der Waals surface area contributed by atoms with Crippen LogP contribution in [-0.4, -0.2) is 43.6 Å². The Morgan fingerprint density at radius 1 is 1.02 bits per heavy atom. The van der Waals surface area contributed by atoms with E-state index in [2.05, 4.69) is 31.2 Å². The predicted octanol–water partition coefficient (Wildman–Crippen LogP) is 5.21. The number of aromatic nitrogens is 4. The van der Waals surface area contributed by atoms with Crippen molar-refractivity contribution in [2.45, 2.75) is 52.1 Å². The summed E-state index contributed by atoms with van der Waals surface area (Å²) in [4.78, 5) is 24.4. The summed E-state index contributed by atoms with van der Waals surface area (Å²) >= 11 is 0. The van der Waals surface area contributed by atoms with Gasteiger partial charge in [-0.2, -0.15) is 18.3 Å². The molecule has 1 atom stereocenters. The van der Waals surface area contributed by atoms with Gasteiger partial charge in [-0.25, -0.2) is 9.48 Å². The summed E-state index contributed by atoms with van der Waals surface area (Å²) in [7, 11) is 0. The summed E-state index contributed by atoms with van der Waals surface area (Å²) in [6.07, 6.45) is -5.47. The molecule has 2 aromatic carbocycles. The Hall–Kier alpha value is -4.88. The zero-order chi connectivity index (χ0) is 29.8. The molecule has 0 aliphatic carbocycles. The van der Waals surface area contributed by atoms with Crippen molar-refractivity contribution < 1.29 is 31.9 Å². The molecule has 2 amide bonds. The Labute approximate surface area is 233 Å². The molecule has 0 bridgehead atoms. The van der Waals surface area contributed by atoms with Crippen molar-refractivity contribution in [1.29, 1.82) is 0 Å². The lowest BCUT2D eigenvalue weighted by molar-refractivity contribution is -0.141. The number of halogens is 3. The van der Waals surface area contributed by atoms with Gasteiger partial charge in [-0.05, 0) is 57.5 Å². The van der Waals surface area contributed by atoms with Crippen LogP contribution in [0.4, 0.5) is 29.7 Å². The number of carbonyl (C=O) groups is 2. The van der Waals surface area contributed by atoms with Crippen molar-refractivity contribution in [2.75, 3.05) is 5.32 Å². The SMILES string of the molecule is CC(NC(=O)OC(C)(C)C)C(=O)NCc1cccc(-n2nc(C(F)(F)F)cc2-c2nnc(Nc3ccccc3)o2)c1. The number of rotatable bonds is 8. The van der Waals surface area contributed by atoms with Gasteiger partial charge in [0.25, 0.3) is 5.89 Å². The fourth-order valence-electron chi connectivity index (χ4n) is 3.58. The van der Waals surface area contributed by atoms with Crippen molar-refractivity contribution in [3.05, 3.63) is 71.9 Å². The zero-order valence-electron chi connectivity index (χ0n) is 22.6. The summed E-state index contributed by atoms with van der Waals surface area (Å²) in [5, 5.41) is 19.5. The third-order valence-corrected chi connectivity index (χ3v) is 5.42. The van der Waals surface area contributed by atoms with Crippen LogP contribution >= 0.6 is 0 Å². The van der Waals surface area contributed by atoms with Crippen LogP contribution in [0, 0.1) is 0 Å². The van der Waals surface area contributed by atoms with Gasteiger partial charge in [-0.3, -0.25) is 4.79 Å². The Bertz CT molecular complexity index is 1510. The molecule has 0 saturated carbocycles. The summed E-state index contributed by atoms with van der Waals surface area (Å²) in [5.41, 5.74) is -0.478. The van der Waals surface area contributed by atoms with E-state index < -0.39 is 35.5 Å². The molecule has 1 unspecified atom stereocenters. The Balaban J connectivity index is 1.52. The third-order valence-electron chi connectivity index (χ3n) is 5.42. The molecular weight excluding hydrogens is 543 g/mol. The highest BCUT2D eigenvalue weighted by atomic mass is 19.4. The summed E-state index contributed by atoms with van der Waals surface area (Å²) in [6, 6.07) is 15.2. The minimum Gasteiger partial charge on any atom is -0.444 e. The molecule has 216 valence electrons. The summed E-state index contributed by atoms with van der Waals surface area (Å²) < 4.78 is 52.6. The molecule has 0 aliphatic rings. The van der Waals surface area contributed by atoms with E-state index >= 15 is 0 Å². The molecule has 41 heavy (non-hydrogen) atoms. The quantitative estimate of drug-likeness (QED) is 0.262. The smallest absolute Gasteiger partial charge is 0.435 e. The molecule has 4 rings (SSSR count). The molecule has 2 heterocycles. The Morgan fingerprint density at radius 3 is 2.44 bits per heavy atom. The van der Waals surface area contributed by atoms with E-state index in [1.165, 1.54) is 6.92 Å². The number of hydrogen-bond acceptors (Lipinski definition) is 8. The highest BCUT2D eigenvalue weighted by Gasteiger charge is 2.36. The first-order valence-electron chi connectivity index (χ1n) is 12.5. The van der Waals surface area contributed by atoms with E-state index in [0.717, 1.165) is 10.7 Å². The highest BCUT2D eigenvalue weighted by molar-refractivity contribution is 5.85. The monoisotopic (exact) mass is 571 g/mol. The number of alkyl halides is 3. The zero-order valence-corrected chi connectivity index (χ0v) is 22.6. The molecule has 0 aliphatic heterocycles. The van der Waals surface area contributed by atoms with Crippen molar-refractivity contribution in [2.24, 2.45) is 0 Å². The lowest BCUT2D eigenvalue weighted by Crippen LogP contribution is -2.46. The van der Waals surface area contributed by atoms with E-state index in [0.29, 0.717) is 11.3 Å². The normalized spacial score (nSPS) is 12.5. The summed E-state index contributed by atoms with van der Waals surface area (Å²) in [6.45, 7) is 6.63. The lowest BCUT2D eigenvalue weighted by Gasteiger charge is -2.21. The van der Waals surface area contributed by atoms with Crippen LogP contribution in [0.3, 0.4) is 0 Å². The maximum Gasteiger partial charge on any atom is 0.435 e. The average molecular weight is 572 g/mol. The van der Waals surface area contributed by atoms with Crippen molar-refractivity contribution in [3.8, 4) is 17.3 Å².